The van der Waals surface area contributed by atoms with Crippen LogP contribution in [0.4, 0.5) is 0 Å². The van der Waals surface area contributed by atoms with E-state index in [-0.39, 0.29) is 0 Å². The summed E-state index contributed by atoms with van der Waals surface area (Å²) in [6, 6.07) is 8.21. The van der Waals surface area contributed by atoms with Crippen LogP contribution in [0.15, 0.2) is 30.8 Å². The van der Waals surface area contributed by atoms with Gasteiger partial charge < -0.3 is 0 Å². The highest BCUT2D eigenvalue weighted by Crippen LogP contribution is 2.15. The van der Waals surface area contributed by atoms with Crippen molar-refractivity contribution in [3.63, 3.8) is 0 Å². The van der Waals surface area contributed by atoms with Crippen LogP contribution in [-0.4, -0.2) is 8.83 Å². The lowest BCUT2D eigenvalue weighted by Crippen LogP contribution is -1.89. The van der Waals surface area contributed by atoms with Crippen molar-refractivity contribution >= 4 is 25.1 Å². The van der Waals surface area contributed by atoms with E-state index in [0.29, 0.717) is 0 Å². The molecule has 0 nitrogen and oxygen atoms in total. The molecule has 0 saturated heterocycles. The van der Waals surface area contributed by atoms with Crippen LogP contribution in [0.5, 0.6) is 0 Å². The Labute approximate surface area is 74.4 Å². The molecule has 0 unspecified atom stereocenters. The minimum atomic E-state index is -0.604. The van der Waals surface area contributed by atoms with Crippen molar-refractivity contribution < 1.29 is 0 Å². The number of hydrogen-bond acceptors (Lipinski definition) is 0. The molecule has 0 aliphatic carbocycles. The van der Waals surface area contributed by atoms with Gasteiger partial charge >= 0.3 is 0 Å². The van der Waals surface area contributed by atoms with Gasteiger partial charge in [-0.05, 0) is 23.2 Å². The third-order valence-corrected chi connectivity index (χ3v) is 3.36. The number of benzene rings is 1. The maximum Gasteiger partial charge on any atom is 0.155 e. The fourth-order valence-electron chi connectivity index (χ4n) is 1.04. The summed E-state index contributed by atoms with van der Waals surface area (Å²) in [5.41, 5.74) is 2.50. The van der Waals surface area contributed by atoms with E-state index in [2.05, 4.69) is 25.6 Å². The van der Waals surface area contributed by atoms with Gasteiger partial charge in [0, 0.05) is 0 Å². The van der Waals surface area contributed by atoms with Gasteiger partial charge in [-0.1, -0.05) is 30.8 Å². The lowest BCUT2D eigenvalue weighted by Gasteiger charge is -2.04. The molecule has 58 valence electrons. The Hall–Kier alpha value is -0.533. The van der Waals surface area contributed by atoms with Crippen molar-refractivity contribution in [3.05, 3.63) is 42.0 Å². The fraction of sp³-hybridized carbons (Fsp3) is 0.111. The van der Waals surface area contributed by atoms with Crippen LogP contribution in [0, 0.1) is 6.92 Å². The summed E-state index contributed by atoms with van der Waals surface area (Å²) in [5.74, 6) is 0. The topological polar surface area (TPSA) is 0 Å². The van der Waals surface area contributed by atoms with Gasteiger partial charge in [0.1, 0.15) is 0 Å². The molecule has 11 heavy (non-hydrogen) atoms. The van der Waals surface area contributed by atoms with E-state index in [1.54, 1.807) is 0 Å². The molecule has 1 aromatic carbocycles. The van der Waals surface area contributed by atoms with Crippen molar-refractivity contribution in [2.24, 2.45) is 0 Å². The maximum atomic E-state index is 5.80. The van der Waals surface area contributed by atoms with Gasteiger partial charge in [-0.25, -0.2) is 0 Å². The third-order valence-electron chi connectivity index (χ3n) is 1.69. The second-order valence-corrected chi connectivity index (χ2v) is 4.47. The Morgan fingerprint density at radius 2 is 2.09 bits per heavy atom. The largest absolute Gasteiger partial charge is 0.170 e. The standard InChI is InChI=1S/C9H11ClSi/c1-7-5-3-4-6-9(7)8(2)11-10/h3-6H,2,11H2,1H3. The zero-order valence-electron chi connectivity index (χ0n) is 6.60. The Kier molecular flexibility index (Phi) is 2.91. The average Bonchev–Trinajstić information content (AvgIpc) is 2.04. The van der Waals surface area contributed by atoms with Crippen LogP contribution < -0.4 is 0 Å². The Balaban J connectivity index is 3.03. The molecule has 2 heteroatoms. The van der Waals surface area contributed by atoms with E-state index in [9.17, 15) is 0 Å². The molecule has 0 amide bonds. The first-order valence-corrected chi connectivity index (χ1v) is 6.40. The number of rotatable bonds is 2. The predicted octanol–water partition coefficient (Wildman–Crippen LogP) is 2.29. The van der Waals surface area contributed by atoms with Crippen LogP contribution in [0.1, 0.15) is 11.1 Å². The minimum Gasteiger partial charge on any atom is -0.170 e. The molecule has 0 aromatic heterocycles. The van der Waals surface area contributed by atoms with Crippen molar-refractivity contribution in [2.75, 3.05) is 0 Å². The van der Waals surface area contributed by atoms with Crippen LogP contribution in [-0.2, 0) is 0 Å². The first-order valence-electron chi connectivity index (χ1n) is 3.55. The summed E-state index contributed by atoms with van der Waals surface area (Å²) in [5, 5.41) is 1.13. The van der Waals surface area contributed by atoms with Gasteiger partial charge in [-0.3, -0.25) is 0 Å². The maximum absolute atomic E-state index is 5.80. The van der Waals surface area contributed by atoms with Crippen molar-refractivity contribution in [2.45, 2.75) is 6.92 Å². The fourth-order valence-corrected chi connectivity index (χ4v) is 2.01. The van der Waals surface area contributed by atoms with E-state index in [0.717, 1.165) is 5.20 Å². The van der Waals surface area contributed by atoms with Crippen LogP contribution in [0.3, 0.4) is 0 Å². The highest BCUT2D eigenvalue weighted by molar-refractivity contribution is 7.04. The summed E-state index contributed by atoms with van der Waals surface area (Å²) in [4.78, 5) is 0. The van der Waals surface area contributed by atoms with E-state index >= 15 is 0 Å². The number of aryl methyl sites for hydroxylation is 1. The number of halogens is 1. The molecule has 1 rings (SSSR count). The summed E-state index contributed by atoms with van der Waals surface area (Å²) in [6.45, 7) is 6.02. The monoisotopic (exact) mass is 182 g/mol. The highest BCUT2D eigenvalue weighted by atomic mass is 35.6. The molecule has 0 N–H and O–H groups in total. The first-order chi connectivity index (χ1) is 5.25. The zero-order chi connectivity index (χ0) is 8.27. The summed E-state index contributed by atoms with van der Waals surface area (Å²) in [7, 11) is -0.604. The average molecular weight is 183 g/mol. The van der Waals surface area contributed by atoms with E-state index in [1.165, 1.54) is 11.1 Å². The SMILES string of the molecule is C=C([SiH2]Cl)c1ccccc1C. The van der Waals surface area contributed by atoms with Gasteiger partial charge in [-0.2, -0.15) is 11.1 Å². The van der Waals surface area contributed by atoms with Crippen LogP contribution in [0.2, 0.25) is 0 Å². The first kappa shape index (κ1) is 8.56. The van der Waals surface area contributed by atoms with Crippen LogP contribution >= 0.6 is 11.1 Å². The van der Waals surface area contributed by atoms with E-state index < -0.39 is 8.83 Å². The molecule has 0 radical (unpaired) electrons. The Morgan fingerprint density at radius 1 is 1.45 bits per heavy atom. The number of hydrogen-bond donors (Lipinski definition) is 0. The highest BCUT2D eigenvalue weighted by Gasteiger charge is 1.99. The van der Waals surface area contributed by atoms with Crippen LogP contribution in [0.25, 0.3) is 5.20 Å². The molecule has 0 saturated carbocycles. The van der Waals surface area contributed by atoms with Gasteiger partial charge in [0.2, 0.25) is 0 Å². The normalized spacial score (nSPS) is 10.7. The van der Waals surface area contributed by atoms with Gasteiger partial charge in [0.15, 0.2) is 8.83 Å². The van der Waals surface area contributed by atoms with Gasteiger partial charge in [-0.15, -0.1) is 0 Å². The third kappa shape index (κ3) is 1.95. The molecule has 0 aliphatic rings. The molecular weight excluding hydrogens is 172 g/mol. The zero-order valence-corrected chi connectivity index (χ0v) is 8.77. The second kappa shape index (κ2) is 3.74. The van der Waals surface area contributed by atoms with Gasteiger partial charge in [0.25, 0.3) is 0 Å². The molecule has 1 aromatic rings. The summed E-state index contributed by atoms with van der Waals surface area (Å²) < 4.78 is 0. The molecule has 0 atom stereocenters. The van der Waals surface area contributed by atoms with Crippen molar-refractivity contribution in [3.8, 4) is 0 Å². The van der Waals surface area contributed by atoms with Gasteiger partial charge in [0.05, 0.1) is 0 Å². The molecular formula is C9H11ClSi. The quantitative estimate of drug-likeness (QED) is 0.487. The smallest absolute Gasteiger partial charge is 0.155 e. The minimum absolute atomic E-state index is 0.604. The summed E-state index contributed by atoms with van der Waals surface area (Å²) >= 11 is 5.80. The molecule has 0 aliphatic heterocycles. The molecule has 0 heterocycles. The van der Waals surface area contributed by atoms with E-state index in [1.807, 2.05) is 12.1 Å². The molecule has 0 bridgehead atoms. The Bertz CT molecular complexity index is 268. The predicted molar refractivity (Wildman–Crippen MR) is 54.6 cm³/mol. The molecule has 0 fully saturated rings. The Morgan fingerprint density at radius 3 is 2.64 bits per heavy atom. The van der Waals surface area contributed by atoms with Crippen molar-refractivity contribution in [1.82, 2.24) is 0 Å². The second-order valence-electron chi connectivity index (χ2n) is 2.55. The summed E-state index contributed by atoms with van der Waals surface area (Å²) in [6.07, 6.45) is 0. The molecule has 0 spiro atoms. The lowest BCUT2D eigenvalue weighted by atomic mass is 10.1. The lowest BCUT2D eigenvalue weighted by molar-refractivity contribution is 1.44. The van der Waals surface area contributed by atoms with E-state index in [4.69, 9.17) is 11.1 Å². The van der Waals surface area contributed by atoms with Crippen molar-refractivity contribution in [1.29, 1.82) is 0 Å².